The van der Waals surface area contributed by atoms with E-state index in [2.05, 4.69) is 36.1 Å². The fourth-order valence-corrected chi connectivity index (χ4v) is 4.47. The van der Waals surface area contributed by atoms with Gasteiger partial charge in [-0.1, -0.05) is 32.6 Å². The highest BCUT2D eigenvalue weighted by Gasteiger charge is 2.31. The highest BCUT2D eigenvalue weighted by atomic mass is 32.1. The Morgan fingerprint density at radius 1 is 1.29 bits per heavy atom. The minimum atomic E-state index is 0.472. The van der Waals surface area contributed by atoms with Crippen molar-refractivity contribution >= 4 is 11.3 Å². The molecule has 21 heavy (non-hydrogen) atoms. The van der Waals surface area contributed by atoms with Gasteiger partial charge in [-0.2, -0.15) is 0 Å². The molecule has 1 heterocycles. The molecule has 0 unspecified atom stereocenters. The van der Waals surface area contributed by atoms with Crippen LogP contribution in [0.1, 0.15) is 56.0 Å². The van der Waals surface area contributed by atoms with Crippen molar-refractivity contribution in [2.24, 2.45) is 5.41 Å². The Kier molecular flexibility index (Phi) is 6.65. The van der Waals surface area contributed by atoms with E-state index in [9.17, 15) is 0 Å². The molecule has 1 aromatic heterocycles. The van der Waals surface area contributed by atoms with Gasteiger partial charge in [-0.05, 0) is 38.8 Å². The zero-order chi connectivity index (χ0) is 15.1. The van der Waals surface area contributed by atoms with E-state index >= 15 is 0 Å². The van der Waals surface area contributed by atoms with Gasteiger partial charge in [-0.25, -0.2) is 4.98 Å². The summed E-state index contributed by atoms with van der Waals surface area (Å²) in [6.07, 6.45) is 8.41. The van der Waals surface area contributed by atoms with Crippen molar-refractivity contribution in [2.75, 3.05) is 26.7 Å². The topological polar surface area (TPSA) is 28.2 Å². The smallest absolute Gasteiger partial charge is 0.0798 e. The third kappa shape index (κ3) is 5.04. The summed E-state index contributed by atoms with van der Waals surface area (Å²) < 4.78 is 0. The molecular formula is C17H31N3S. The Balaban J connectivity index is 1.97. The maximum Gasteiger partial charge on any atom is 0.0798 e. The fourth-order valence-electron chi connectivity index (χ4n) is 3.61. The van der Waals surface area contributed by atoms with Crippen LogP contribution in [-0.4, -0.2) is 36.6 Å². The average Bonchev–Trinajstić information content (AvgIpc) is 2.73. The molecule has 0 aliphatic heterocycles. The minimum absolute atomic E-state index is 0.472. The second-order valence-corrected chi connectivity index (χ2v) is 7.67. The van der Waals surface area contributed by atoms with E-state index in [1.165, 1.54) is 62.2 Å². The third-order valence-electron chi connectivity index (χ3n) is 4.78. The normalized spacial score (nSPS) is 18.9. The molecule has 1 saturated carbocycles. The van der Waals surface area contributed by atoms with Gasteiger partial charge in [-0.15, -0.1) is 11.3 Å². The molecule has 4 heteroatoms. The van der Waals surface area contributed by atoms with Crippen LogP contribution in [0.2, 0.25) is 0 Å². The van der Waals surface area contributed by atoms with E-state index < -0.39 is 0 Å². The zero-order valence-corrected chi connectivity index (χ0v) is 14.8. The van der Waals surface area contributed by atoms with Gasteiger partial charge < -0.3 is 10.2 Å². The van der Waals surface area contributed by atoms with Crippen molar-refractivity contribution in [3.05, 3.63) is 16.1 Å². The van der Waals surface area contributed by atoms with Gasteiger partial charge in [0.2, 0.25) is 0 Å². The van der Waals surface area contributed by atoms with Gasteiger partial charge in [0, 0.05) is 24.5 Å². The molecule has 120 valence electrons. The largest absolute Gasteiger partial charge is 0.316 e. The average molecular weight is 310 g/mol. The van der Waals surface area contributed by atoms with Gasteiger partial charge in [0.05, 0.1) is 11.2 Å². The number of aryl methyl sites for hydroxylation is 1. The third-order valence-corrected chi connectivity index (χ3v) is 5.70. The Morgan fingerprint density at radius 3 is 2.57 bits per heavy atom. The van der Waals surface area contributed by atoms with Crippen LogP contribution in [0.5, 0.6) is 0 Å². The Labute approximate surface area is 134 Å². The summed E-state index contributed by atoms with van der Waals surface area (Å²) in [6.45, 7) is 8.85. The van der Waals surface area contributed by atoms with Gasteiger partial charge in [0.25, 0.3) is 0 Å². The molecule has 0 aromatic carbocycles. The lowest BCUT2D eigenvalue weighted by molar-refractivity contribution is 0.143. The summed E-state index contributed by atoms with van der Waals surface area (Å²) in [5.41, 5.74) is 3.65. The van der Waals surface area contributed by atoms with Crippen molar-refractivity contribution in [3.8, 4) is 0 Å². The summed E-state index contributed by atoms with van der Waals surface area (Å²) in [7, 11) is 2.28. The predicted octanol–water partition coefficient (Wildman–Crippen LogP) is 3.83. The monoisotopic (exact) mass is 309 g/mol. The van der Waals surface area contributed by atoms with Gasteiger partial charge >= 0.3 is 0 Å². The second-order valence-electron chi connectivity index (χ2n) is 6.73. The molecule has 2 rings (SSSR count). The lowest BCUT2D eigenvalue weighted by atomic mass is 9.79. The van der Waals surface area contributed by atoms with Crippen LogP contribution in [0.3, 0.4) is 0 Å². The molecule has 3 nitrogen and oxygen atoms in total. The first-order valence-corrected chi connectivity index (χ1v) is 9.31. The van der Waals surface area contributed by atoms with Crippen LogP contribution in [0, 0.1) is 12.3 Å². The summed E-state index contributed by atoms with van der Waals surface area (Å²) in [4.78, 5) is 8.32. The SMILES string of the molecule is CCNCC1(CN(C)Cc2scnc2C)CCCCCC1. The molecule has 0 bridgehead atoms. The van der Waals surface area contributed by atoms with E-state index in [1.54, 1.807) is 11.3 Å². The van der Waals surface area contributed by atoms with E-state index in [-0.39, 0.29) is 0 Å². The number of nitrogens with zero attached hydrogens (tertiary/aromatic N) is 2. The van der Waals surface area contributed by atoms with E-state index in [1.807, 2.05) is 5.51 Å². The number of rotatable bonds is 7. The fraction of sp³-hybridized carbons (Fsp3) is 0.824. The van der Waals surface area contributed by atoms with Crippen molar-refractivity contribution in [1.29, 1.82) is 0 Å². The van der Waals surface area contributed by atoms with Crippen LogP contribution in [0.15, 0.2) is 5.51 Å². The molecule has 0 atom stereocenters. The Hall–Kier alpha value is -0.450. The standard InChI is InChI=1S/C17H31N3S/c1-4-18-12-17(9-7-5-6-8-10-17)13-20(3)11-16-15(2)19-14-21-16/h14,18H,4-13H2,1-3H3. The number of aromatic nitrogens is 1. The summed E-state index contributed by atoms with van der Waals surface area (Å²) >= 11 is 1.79. The molecule has 1 aliphatic rings. The van der Waals surface area contributed by atoms with E-state index in [0.717, 1.165) is 13.1 Å². The van der Waals surface area contributed by atoms with Crippen LogP contribution in [-0.2, 0) is 6.54 Å². The summed E-state index contributed by atoms with van der Waals surface area (Å²) in [5.74, 6) is 0. The molecule has 1 aromatic rings. The first kappa shape index (κ1) is 16.9. The second kappa shape index (κ2) is 8.25. The Morgan fingerprint density at radius 2 is 2.00 bits per heavy atom. The summed E-state index contributed by atoms with van der Waals surface area (Å²) in [5, 5.41) is 3.63. The number of nitrogens with one attached hydrogen (secondary N) is 1. The van der Waals surface area contributed by atoms with Crippen LogP contribution in [0.4, 0.5) is 0 Å². The maximum atomic E-state index is 4.38. The molecule has 1 fully saturated rings. The molecule has 0 spiro atoms. The van der Waals surface area contributed by atoms with E-state index in [0.29, 0.717) is 5.41 Å². The van der Waals surface area contributed by atoms with Crippen molar-refractivity contribution < 1.29 is 0 Å². The lowest BCUT2D eigenvalue weighted by Crippen LogP contribution is -2.42. The first-order chi connectivity index (χ1) is 10.2. The maximum absolute atomic E-state index is 4.38. The predicted molar refractivity (Wildman–Crippen MR) is 91.9 cm³/mol. The molecule has 0 radical (unpaired) electrons. The quantitative estimate of drug-likeness (QED) is 0.776. The van der Waals surface area contributed by atoms with Crippen molar-refractivity contribution in [1.82, 2.24) is 15.2 Å². The van der Waals surface area contributed by atoms with E-state index in [4.69, 9.17) is 0 Å². The van der Waals surface area contributed by atoms with Crippen molar-refractivity contribution in [3.63, 3.8) is 0 Å². The first-order valence-electron chi connectivity index (χ1n) is 8.43. The molecule has 0 saturated heterocycles. The molecule has 1 N–H and O–H groups in total. The van der Waals surface area contributed by atoms with Gasteiger partial charge in [-0.3, -0.25) is 0 Å². The number of hydrogen-bond acceptors (Lipinski definition) is 4. The minimum Gasteiger partial charge on any atom is -0.316 e. The highest BCUT2D eigenvalue weighted by molar-refractivity contribution is 7.09. The van der Waals surface area contributed by atoms with Crippen LogP contribution < -0.4 is 5.32 Å². The summed E-state index contributed by atoms with van der Waals surface area (Å²) in [6, 6.07) is 0. The zero-order valence-electron chi connectivity index (χ0n) is 14.0. The van der Waals surface area contributed by atoms with Crippen LogP contribution >= 0.6 is 11.3 Å². The Bertz CT molecular complexity index is 408. The van der Waals surface area contributed by atoms with Gasteiger partial charge in [0.15, 0.2) is 0 Å². The molecule has 1 aliphatic carbocycles. The number of hydrogen-bond donors (Lipinski definition) is 1. The van der Waals surface area contributed by atoms with Gasteiger partial charge in [0.1, 0.15) is 0 Å². The molecular weight excluding hydrogens is 278 g/mol. The van der Waals surface area contributed by atoms with Crippen molar-refractivity contribution in [2.45, 2.75) is 58.9 Å². The lowest BCUT2D eigenvalue weighted by Gasteiger charge is -2.37. The number of thiazole rings is 1. The van der Waals surface area contributed by atoms with Crippen LogP contribution in [0.25, 0.3) is 0 Å². The molecule has 0 amide bonds. The highest BCUT2D eigenvalue weighted by Crippen LogP contribution is 2.35.